The maximum atomic E-state index is 12.9. The van der Waals surface area contributed by atoms with E-state index in [-0.39, 0.29) is 5.82 Å². The lowest BCUT2D eigenvalue weighted by Gasteiger charge is -2.26. The molecule has 1 fully saturated rings. The predicted octanol–water partition coefficient (Wildman–Crippen LogP) is 2.59. The molecule has 1 aromatic rings. The fourth-order valence-electron chi connectivity index (χ4n) is 2.65. The summed E-state index contributed by atoms with van der Waals surface area (Å²) >= 11 is 1.74. The molecule has 2 rings (SSSR count). The van der Waals surface area contributed by atoms with E-state index in [1.807, 2.05) is 12.1 Å². The van der Waals surface area contributed by atoms with Gasteiger partial charge in [-0.15, -0.1) is 11.8 Å². The third-order valence-electron chi connectivity index (χ3n) is 4.05. The molecular formula is C19H31FN4OS. The molecule has 0 spiro atoms. The summed E-state index contributed by atoms with van der Waals surface area (Å²) in [6, 6.07) is 6.65. The molecular weight excluding hydrogens is 351 g/mol. The topological polar surface area (TPSA) is 48.9 Å². The number of halogens is 1. The summed E-state index contributed by atoms with van der Waals surface area (Å²) in [6.45, 7) is 9.54. The van der Waals surface area contributed by atoms with E-state index >= 15 is 0 Å². The molecule has 0 unspecified atom stereocenters. The summed E-state index contributed by atoms with van der Waals surface area (Å²) < 4.78 is 18.2. The van der Waals surface area contributed by atoms with Gasteiger partial charge in [0.15, 0.2) is 5.96 Å². The van der Waals surface area contributed by atoms with Crippen molar-refractivity contribution in [2.75, 3.05) is 58.2 Å². The van der Waals surface area contributed by atoms with Crippen LogP contribution in [0.25, 0.3) is 0 Å². The Kier molecular flexibility index (Phi) is 10.5. The number of aliphatic imine (C=N–C) groups is 1. The second-order valence-corrected chi connectivity index (χ2v) is 7.32. The number of hydrogen-bond acceptors (Lipinski definition) is 4. The number of guanidine groups is 1. The van der Waals surface area contributed by atoms with Gasteiger partial charge in [0.1, 0.15) is 5.82 Å². The fourth-order valence-corrected chi connectivity index (χ4v) is 3.49. The van der Waals surface area contributed by atoms with Crippen LogP contribution in [0.2, 0.25) is 0 Å². The van der Waals surface area contributed by atoms with Crippen LogP contribution in [0, 0.1) is 5.82 Å². The molecule has 1 aliphatic rings. The van der Waals surface area contributed by atoms with Crippen LogP contribution in [0.5, 0.6) is 0 Å². The van der Waals surface area contributed by atoms with Gasteiger partial charge in [-0.1, -0.05) is 0 Å². The zero-order chi connectivity index (χ0) is 18.5. The molecule has 0 saturated carbocycles. The summed E-state index contributed by atoms with van der Waals surface area (Å²) in [5, 5.41) is 6.70. The molecule has 0 atom stereocenters. The highest BCUT2D eigenvalue weighted by Crippen LogP contribution is 2.18. The number of benzene rings is 1. The van der Waals surface area contributed by atoms with Gasteiger partial charge in [0, 0.05) is 37.6 Å². The van der Waals surface area contributed by atoms with Crippen LogP contribution in [0.1, 0.15) is 19.8 Å². The first-order valence-corrected chi connectivity index (χ1v) is 10.5. The van der Waals surface area contributed by atoms with E-state index in [0.717, 1.165) is 81.9 Å². The summed E-state index contributed by atoms with van der Waals surface area (Å²) in [6.07, 6.45) is 2.09. The maximum absolute atomic E-state index is 12.9. The number of thioether (sulfide) groups is 1. The highest BCUT2D eigenvalue weighted by Gasteiger charge is 2.09. The van der Waals surface area contributed by atoms with Gasteiger partial charge in [0.2, 0.25) is 0 Å². The average molecular weight is 383 g/mol. The smallest absolute Gasteiger partial charge is 0.191 e. The summed E-state index contributed by atoms with van der Waals surface area (Å²) in [7, 11) is 0. The summed E-state index contributed by atoms with van der Waals surface area (Å²) in [4.78, 5) is 8.18. The van der Waals surface area contributed by atoms with Crippen LogP contribution in [0.15, 0.2) is 34.2 Å². The van der Waals surface area contributed by atoms with Crippen molar-refractivity contribution in [3.63, 3.8) is 0 Å². The Balaban J connectivity index is 1.58. The molecule has 1 heterocycles. The van der Waals surface area contributed by atoms with Gasteiger partial charge in [0.05, 0.1) is 13.2 Å². The van der Waals surface area contributed by atoms with Gasteiger partial charge in [-0.25, -0.2) is 4.39 Å². The van der Waals surface area contributed by atoms with E-state index in [1.165, 1.54) is 12.1 Å². The van der Waals surface area contributed by atoms with Crippen molar-refractivity contribution in [3.8, 4) is 0 Å². The molecule has 0 amide bonds. The van der Waals surface area contributed by atoms with Crippen molar-refractivity contribution in [3.05, 3.63) is 30.1 Å². The van der Waals surface area contributed by atoms with Crippen molar-refractivity contribution in [1.82, 2.24) is 15.5 Å². The average Bonchev–Trinajstić information content (AvgIpc) is 2.67. The number of rotatable bonds is 10. The number of ether oxygens (including phenoxy) is 1. The lowest BCUT2D eigenvalue weighted by Crippen LogP contribution is -2.40. The molecule has 7 heteroatoms. The molecule has 1 saturated heterocycles. The van der Waals surface area contributed by atoms with Crippen molar-refractivity contribution in [1.29, 1.82) is 0 Å². The first-order chi connectivity index (χ1) is 12.8. The van der Waals surface area contributed by atoms with Crippen molar-refractivity contribution >= 4 is 17.7 Å². The minimum Gasteiger partial charge on any atom is -0.379 e. The first-order valence-electron chi connectivity index (χ1n) is 9.48. The molecule has 2 N–H and O–H groups in total. The Morgan fingerprint density at radius 3 is 2.69 bits per heavy atom. The van der Waals surface area contributed by atoms with Gasteiger partial charge in [-0.3, -0.25) is 9.89 Å². The van der Waals surface area contributed by atoms with Crippen molar-refractivity contribution in [2.45, 2.75) is 24.7 Å². The first kappa shape index (κ1) is 21.0. The standard InChI is InChI=1S/C19H31FN4OS/c1-2-21-19(22-9-3-11-24-12-14-25-15-13-24)23-10-4-16-26-18-7-5-17(20)6-8-18/h5-8H,2-4,9-16H2,1H3,(H2,21,22,23). The Morgan fingerprint density at radius 2 is 1.96 bits per heavy atom. The highest BCUT2D eigenvalue weighted by atomic mass is 32.2. The maximum Gasteiger partial charge on any atom is 0.191 e. The predicted molar refractivity (Wildman–Crippen MR) is 108 cm³/mol. The largest absolute Gasteiger partial charge is 0.379 e. The number of nitrogens with zero attached hydrogens (tertiary/aromatic N) is 2. The monoisotopic (exact) mass is 382 g/mol. The minimum absolute atomic E-state index is 0.186. The molecule has 146 valence electrons. The Bertz CT molecular complexity index is 521. The minimum atomic E-state index is -0.186. The molecule has 26 heavy (non-hydrogen) atoms. The van der Waals surface area contributed by atoms with Gasteiger partial charge < -0.3 is 15.4 Å². The van der Waals surface area contributed by atoms with Crippen LogP contribution >= 0.6 is 11.8 Å². The van der Waals surface area contributed by atoms with Gasteiger partial charge in [0.25, 0.3) is 0 Å². The normalized spacial score (nSPS) is 15.8. The van der Waals surface area contributed by atoms with E-state index in [4.69, 9.17) is 4.74 Å². The summed E-state index contributed by atoms with van der Waals surface area (Å²) in [5.41, 5.74) is 0. The Hall–Kier alpha value is -1.31. The van der Waals surface area contributed by atoms with E-state index in [1.54, 1.807) is 11.8 Å². The molecule has 1 aromatic carbocycles. The van der Waals surface area contributed by atoms with Gasteiger partial charge in [-0.2, -0.15) is 0 Å². The van der Waals surface area contributed by atoms with E-state index < -0.39 is 0 Å². The van der Waals surface area contributed by atoms with E-state index in [2.05, 4.69) is 27.4 Å². The molecule has 0 aromatic heterocycles. The van der Waals surface area contributed by atoms with Crippen LogP contribution in [-0.2, 0) is 4.74 Å². The zero-order valence-electron chi connectivity index (χ0n) is 15.7. The molecule has 5 nitrogen and oxygen atoms in total. The van der Waals surface area contributed by atoms with Crippen molar-refractivity contribution in [2.24, 2.45) is 4.99 Å². The van der Waals surface area contributed by atoms with Crippen molar-refractivity contribution < 1.29 is 9.13 Å². The SMILES string of the molecule is CCNC(=NCCCSc1ccc(F)cc1)NCCCN1CCOCC1. The molecule has 1 aliphatic heterocycles. The number of hydrogen-bond donors (Lipinski definition) is 2. The second-order valence-electron chi connectivity index (χ2n) is 6.15. The highest BCUT2D eigenvalue weighted by molar-refractivity contribution is 7.99. The van der Waals surface area contributed by atoms with Crippen LogP contribution in [0.4, 0.5) is 4.39 Å². The fraction of sp³-hybridized carbons (Fsp3) is 0.632. The van der Waals surface area contributed by atoms with E-state index in [9.17, 15) is 4.39 Å². The number of morpholine rings is 1. The lowest BCUT2D eigenvalue weighted by molar-refractivity contribution is 0.0376. The van der Waals surface area contributed by atoms with Gasteiger partial charge in [-0.05, 0) is 56.3 Å². The Labute approximate surface area is 160 Å². The van der Waals surface area contributed by atoms with Crippen LogP contribution in [0.3, 0.4) is 0 Å². The van der Waals surface area contributed by atoms with Crippen LogP contribution < -0.4 is 10.6 Å². The second kappa shape index (κ2) is 12.9. The summed E-state index contributed by atoms with van der Waals surface area (Å²) in [5.74, 6) is 1.68. The molecule has 0 aliphatic carbocycles. The third-order valence-corrected chi connectivity index (χ3v) is 5.14. The quantitative estimate of drug-likeness (QED) is 0.282. The Morgan fingerprint density at radius 1 is 1.19 bits per heavy atom. The number of nitrogens with one attached hydrogen (secondary N) is 2. The van der Waals surface area contributed by atoms with E-state index in [0.29, 0.717) is 0 Å². The zero-order valence-corrected chi connectivity index (χ0v) is 16.5. The van der Waals surface area contributed by atoms with Gasteiger partial charge >= 0.3 is 0 Å². The van der Waals surface area contributed by atoms with Crippen LogP contribution in [-0.4, -0.2) is 69.1 Å². The molecule has 0 radical (unpaired) electrons. The third kappa shape index (κ3) is 8.87. The molecule has 0 bridgehead atoms. The lowest BCUT2D eigenvalue weighted by atomic mass is 10.3.